The molecular weight excluding hydrogens is 112 g/mol. The van der Waals surface area contributed by atoms with Gasteiger partial charge in [-0.1, -0.05) is 31.2 Å². The third-order valence-electron chi connectivity index (χ3n) is 1.36. The summed E-state index contributed by atoms with van der Waals surface area (Å²) in [6, 6.07) is 0. The van der Waals surface area contributed by atoms with Gasteiger partial charge < -0.3 is 5.11 Å². The van der Waals surface area contributed by atoms with Crippen LogP contribution in [0.3, 0.4) is 0 Å². The first-order chi connectivity index (χ1) is 4.30. The molecule has 0 bridgehead atoms. The molecule has 0 aromatic heterocycles. The van der Waals surface area contributed by atoms with Crippen molar-refractivity contribution in [3.8, 4) is 0 Å². The summed E-state index contributed by atoms with van der Waals surface area (Å²) in [6.07, 6.45) is 9.33. The summed E-state index contributed by atoms with van der Waals surface area (Å²) >= 11 is 0. The van der Waals surface area contributed by atoms with Gasteiger partial charge in [0, 0.05) is 5.92 Å². The summed E-state index contributed by atoms with van der Waals surface area (Å²) < 4.78 is 0. The molecule has 0 heterocycles. The second-order valence-electron chi connectivity index (χ2n) is 2.15. The van der Waals surface area contributed by atoms with Crippen LogP contribution in [0.5, 0.6) is 0 Å². The lowest BCUT2D eigenvalue weighted by atomic mass is 10.1. The van der Waals surface area contributed by atoms with E-state index in [1.54, 1.807) is 6.08 Å². The molecule has 0 amide bonds. The molecule has 1 nitrogen and oxygen atoms in total. The molecule has 1 aliphatic rings. The first-order valence-corrected chi connectivity index (χ1v) is 3.04. The van der Waals surface area contributed by atoms with E-state index < -0.39 is 0 Å². The first-order valence-electron chi connectivity index (χ1n) is 3.04. The lowest BCUT2D eigenvalue weighted by molar-refractivity contribution is 0.366. The summed E-state index contributed by atoms with van der Waals surface area (Å²) in [5.41, 5.74) is 0. The molecule has 0 fully saturated rings. The Kier molecular flexibility index (Phi) is 1.73. The van der Waals surface area contributed by atoms with Gasteiger partial charge >= 0.3 is 0 Å². The zero-order valence-electron chi connectivity index (χ0n) is 5.41. The highest BCUT2D eigenvalue weighted by molar-refractivity contribution is 5.21. The summed E-state index contributed by atoms with van der Waals surface area (Å²) in [6.45, 7) is 1.95. The molecule has 1 rings (SSSR count). The summed E-state index contributed by atoms with van der Waals surface area (Å²) in [4.78, 5) is 0. The Hall–Kier alpha value is -0.980. The van der Waals surface area contributed by atoms with Crippen molar-refractivity contribution >= 4 is 0 Å². The molecule has 1 N–H and O–H groups in total. The number of allylic oxidation sites excluding steroid dienone is 5. The van der Waals surface area contributed by atoms with Gasteiger partial charge in [0.05, 0.1) is 5.76 Å². The van der Waals surface area contributed by atoms with Crippen LogP contribution >= 0.6 is 0 Å². The van der Waals surface area contributed by atoms with Gasteiger partial charge in [0.25, 0.3) is 0 Å². The van der Waals surface area contributed by atoms with E-state index in [9.17, 15) is 0 Å². The molecular formula is C8H10O. The molecule has 0 radical (unpaired) electrons. The van der Waals surface area contributed by atoms with Gasteiger partial charge in [0.1, 0.15) is 0 Å². The minimum atomic E-state index is 0.167. The lowest BCUT2D eigenvalue weighted by Crippen LogP contribution is -1.91. The van der Waals surface area contributed by atoms with E-state index in [0.29, 0.717) is 5.76 Å². The summed E-state index contributed by atoms with van der Waals surface area (Å²) in [5.74, 6) is 0.597. The molecule has 0 aromatic carbocycles. The van der Waals surface area contributed by atoms with E-state index in [2.05, 4.69) is 0 Å². The third kappa shape index (κ3) is 1.46. The largest absolute Gasteiger partial charge is 0.512 e. The van der Waals surface area contributed by atoms with Crippen molar-refractivity contribution in [2.75, 3.05) is 0 Å². The Morgan fingerprint density at radius 1 is 1.33 bits per heavy atom. The van der Waals surface area contributed by atoms with Crippen molar-refractivity contribution in [2.45, 2.75) is 6.92 Å². The van der Waals surface area contributed by atoms with Crippen molar-refractivity contribution in [1.29, 1.82) is 0 Å². The van der Waals surface area contributed by atoms with Gasteiger partial charge in [-0.2, -0.15) is 0 Å². The van der Waals surface area contributed by atoms with Crippen molar-refractivity contribution < 1.29 is 5.11 Å². The average molecular weight is 122 g/mol. The minimum absolute atomic E-state index is 0.167. The van der Waals surface area contributed by atoms with Crippen LogP contribution in [-0.2, 0) is 0 Å². The number of rotatable bonds is 0. The van der Waals surface area contributed by atoms with Crippen LogP contribution in [0.1, 0.15) is 6.92 Å². The van der Waals surface area contributed by atoms with Gasteiger partial charge in [-0.25, -0.2) is 0 Å². The van der Waals surface area contributed by atoms with Crippen LogP contribution < -0.4 is 0 Å². The average Bonchev–Trinajstić information content (AvgIpc) is 1.99. The van der Waals surface area contributed by atoms with Gasteiger partial charge in [-0.15, -0.1) is 0 Å². The van der Waals surface area contributed by atoms with E-state index in [-0.39, 0.29) is 5.92 Å². The lowest BCUT2D eigenvalue weighted by Gasteiger charge is -2.00. The van der Waals surface area contributed by atoms with Crippen molar-refractivity contribution in [2.24, 2.45) is 5.92 Å². The van der Waals surface area contributed by atoms with E-state index in [1.807, 2.05) is 31.2 Å². The second kappa shape index (κ2) is 2.53. The van der Waals surface area contributed by atoms with Crippen molar-refractivity contribution in [3.05, 3.63) is 36.1 Å². The molecule has 0 aromatic rings. The molecule has 0 saturated heterocycles. The first kappa shape index (κ1) is 6.14. The number of aliphatic hydroxyl groups excluding tert-OH is 1. The van der Waals surface area contributed by atoms with Crippen LogP contribution in [0.4, 0.5) is 0 Å². The zero-order valence-corrected chi connectivity index (χ0v) is 5.41. The smallest absolute Gasteiger partial charge is 0.0988 e. The summed E-state index contributed by atoms with van der Waals surface area (Å²) in [5, 5.41) is 9.12. The highest BCUT2D eigenvalue weighted by atomic mass is 16.3. The molecule has 0 saturated carbocycles. The predicted molar refractivity (Wildman–Crippen MR) is 38.2 cm³/mol. The van der Waals surface area contributed by atoms with Gasteiger partial charge in [-0.3, -0.25) is 0 Å². The van der Waals surface area contributed by atoms with Crippen molar-refractivity contribution in [1.82, 2.24) is 0 Å². The highest BCUT2D eigenvalue weighted by Crippen LogP contribution is 2.10. The standard InChI is InChI=1S/C8H10O/c1-7-5-3-2-4-6-8(7)9/h2-7,9H,1H3. The third-order valence-corrected chi connectivity index (χ3v) is 1.36. The van der Waals surface area contributed by atoms with E-state index in [0.717, 1.165) is 0 Å². The fourth-order valence-corrected chi connectivity index (χ4v) is 0.699. The normalized spacial score (nSPS) is 25.4. The molecule has 1 atom stereocenters. The van der Waals surface area contributed by atoms with Crippen LogP contribution in [0, 0.1) is 5.92 Å². The number of hydrogen-bond acceptors (Lipinski definition) is 1. The van der Waals surface area contributed by atoms with Crippen LogP contribution in [-0.4, -0.2) is 5.11 Å². The molecule has 9 heavy (non-hydrogen) atoms. The minimum Gasteiger partial charge on any atom is -0.512 e. The van der Waals surface area contributed by atoms with Gasteiger partial charge in [0.2, 0.25) is 0 Å². The SMILES string of the molecule is CC1C=CC=CC=C1O. The molecule has 1 unspecified atom stereocenters. The molecule has 0 aliphatic heterocycles. The summed E-state index contributed by atoms with van der Waals surface area (Å²) in [7, 11) is 0. The zero-order chi connectivity index (χ0) is 6.69. The predicted octanol–water partition coefficient (Wildman–Crippen LogP) is 2.19. The maximum absolute atomic E-state index is 9.12. The van der Waals surface area contributed by atoms with Crippen LogP contribution in [0.2, 0.25) is 0 Å². The van der Waals surface area contributed by atoms with Crippen LogP contribution in [0.15, 0.2) is 36.1 Å². The number of aliphatic hydroxyl groups is 1. The topological polar surface area (TPSA) is 20.2 Å². The fraction of sp³-hybridized carbons (Fsp3) is 0.250. The number of hydrogen-bond donors (Lipinski definition) is 1. The fourth-order valence-electron chi connectivity index (χ4n) is 0.699. The Morgan fingerprint density at radius 2 is 2.11 bits per heavy atom. The van der Waals surface area contributed by atoms with E-state index in [1.165, 1.54) is 0 Å². The van der Waals surface area contributed by atoms with E-state index in [4.69, 9.17) is 5.11 Å². The monoisotopic (exact) mass is 122 g/mol. The molecule has 1 aliphatic carbocycles. The van der Waals surface area contributed by atoms with Crippen LogP contribution in [0.25, 0.3) is 0 Å². The molecule has 48 valence electrons. The Bertz CT molecular complexity index is 175. The highest BCUT2D eigenvalue weighted by Gasteiger charge is 2.00. The second-order valence-corrected chi connectivity index (χ2v) is 2.15. The molecule has 0 spiro atoms. The van der Waals surface area contributed by atoms with E-state index >= 15 is 0 Å². The quantitative estimate of drug-likeness (QED) is 0.522. The molecule has 1 heteroatoms. The Balaban J connectivity index is 2.80. The Labute approximate surface area is 55.0 Å². The van der Waals surface area contributed by atoms with Gasteiger partial charge in [-0.05, 0) is 6.08 Å². The maximum atomic E-state index is 9.12. The van der Waals surface area contributed by atoms with Gasteiger partial charge in [0.15, 0.2) is 0 Å². The maximum Gasteiger partial charge on any atom is 0.0988 e. The van der Waals surface area contributed by atoms with Crippen molar-refractivity contribution in [3.63, 3.8) is 0 Å². The Morgan fingerprint density at radius 3 is 2.89 bits per heavy atom.